The Bertz CT molecular complexity index is 711. The zero-order valence-electron chi connectivity index (χ0n) is 15.9. The molecule has 0 bridgehead atoms. The number of ether oxygens (including phenoxy) is 4. The molecule has 140 valence electrons. The Morgan fingerprint density at radius 2 is 1.88 bits per heavy atom. The van der Waals surface area contributed by atoms with E-state index in [1.165, 1.54) is 5.56 Å². The van der Waals surface area contributed by atoms with Gasteiger partial charge in [-0.05, 0) is 42.2 Å². The van der Waals surface area contributed by atoms with Gasteiger partial charge >= 0.3 is 0 Å². The summed E-state index contributed by atoms with van der Waals surface area (Å²) in [6, 6.07) is 6.30. The van der Waals surface area contributed by atoms with Gasteiger partial charge in [0, 0.05) is 5.92 Å². The fourth-order valence-electron chi connectivity index (χ4n) is 2.62. The summed E-state index contributed by atoms with van der Waals surface area (Å²) < 4.78 is 21.8. The third-order valence-electron chi connectivity index (χ3n) is 4.77. The van der Waals surface area contributed by atoms with Crippen LogP contribution in [0.5, 0.6) is 5.75 Å². The fourth-order valence-corrected chi connectivity index (χ4v) is 2.62. The van der Waals surface area contributed by atoms with Gasteiger partial charge in [-0.2, -0.15) is 0 Å². The molecule has 0 N–H and O–H groups in total. The van der Waals surface area contributed by atoms with E-state index in [0.717, 1.165) is 35.7 Å². The van der Waals surface area contributed by atoms with Gasteiger partial charge in [0.05, 0.1) is 13.2 Å². The monoisotopic (exact) mass is 356 g/mol. The Morgan fingerprint density at radius 1 is 1.23 bits per heavy atom. The van der Waals surface area contributed by atoms with Crippen molar-refractivity contribution in [1.29, 1.82) is 0 Å². The van der Waals surface area contributed by atoms with Crippen molar-refractivity contribution in [3.63, 3.8) is 0 Å². The molecule has 0 spiro atoms. The van der Waals surface area contributed by atoms with Crippen LogP contribution in [0.25, 0.3) is 0 Å². The van der Waals surface area contributed by atoms with Crippen molar-refractivity contribution in [2.45, 2.75) is 38.9 Å². The largest absolute Gasteiger partial charge is 0.491 e. The van der Waals surface area contributed by atoms with Crippen LogP contribution >= 0.6 is 0 Å². The summed E-state index contributed by atoms with van der Waals surface area (Å²) in [5, 5.41) is 0. The quantitative estimate of drug-likeness (QED) is 0.356. The molecule has 3 unspecified atom stereocenters. The molecule has 4 heteroatoms. The second-order valence-corrected chi connectivity index (χ2v) is 7.10. The van der Waals surface area contributed by atoms with Crippen LogP contribution < -0.4 is 4.74 Å². The number of hydrogen-bond acceptors (Lipinski definition) is 4. The van der Waals surface area contributed by atoms with Crippen LogP contribution in [0.4, 0.5) is 0 Å². The van der Waals surface area contributed by atoms with E-state index in [9.17, 15) is 0 Å². The second kappa shape index (κ2) is 8.11. The van der Waals surface area contributed by atoms with Gasteiger partial charge < -0.3 is 18.9 Å². The molecular weight excluding hydrogens is 328 g/mol. The lowest BCUT2D eigenvalue weighted by Gasteiger charge is -2.16. The van der Waals surface area contributed by atoms with Crippen LogP contribution in [0.2, 0.25) is 0 Å². The Kier molecular flexibility index (Phi) is 5.84. The first-order valence-electron chi connectivity index (χ1n) is 9.09. The maximum absolute atomic E-state index is 5.81. The standard InChI is InChI=1S/C22H28O4/c1-14(8-15(2)18(5)23-10-20-11-24-20)17(4)19-6-7-22(16(3)9-19)26-13-21-12-25-21/h6-9,17,20-21H,1,5,10-13H2,2-4H3/b15-8-. The van der Waals surface area contributed by atoms with Crippen LogP contribution in [0.1, 0.15) is 30.9 Å². The Labute approximate surface area is 156 Å². The molecule has 3 rings (SSSR count). The molecule has 26 heavy (non-hydrogen) atoms. The number of benzene rings is 1. The van der Waals surface area contributed by atoms with Crippen molar-refractivity contribution in [1.82, 2.24) is 0 Å². The van der Waals surface area contributed by atoms with Crippen molar-refractivity contribution in [3.05, 3.63) is 65.5 Å². The fraction of sp³-hybridized carbons (Fsp3) is 0.455. The highest BCUT2D eigenvalue weighted by molar-refractivity contribution is 5.42. The lowest BCUT2D eigenvalue weighted by Crippen LogP contribution is -2.06. The first-order chi connectivity index (χ1) is 12.4. The molecule has 0 aromatic heterocycles. The molecule has 1 aromatic rings. The zero-order chi connectivity index (χ0) is 18.7. The first kappa shape index (κ1) is 18.7. The van der Waals surface area contributed by atoms with Gasteiger partial charge in [-0.1, -0.05) is 38.3 Å². The Balaban J connectivity index is 1.58. The lowest BCUT2D eigenvalue weighted by atomic mass is 9.91. The molecule has 2 aliphatic rings. The van der Waals surface area contributed by atoms with E-state index in [-0.39, 0.29) is 18.1 Å². The number of aryl methyl sites for hydroxylation is 1. The molecule has 2 aliphatic heterocycles. The third-order valence-corrected chi connectivity index (χ3v) is 4.77. The van der Waals surface area contributed by atoms with E-state index in [1.54, 1.807) is 0 Å². The molecule has 0 amide bonds. The summed E-state index contributed by atoms with van der Waals surface area (Å²) in [4.78, 5) is 0. The van der Waals surface area contributed by atoms with Gasteiger partial charge in [0.2, 0.25) is 0 Å². The van der Waals surface area contributed by atoms with Crippen LogP contribution in [0.15, 0.2) is 54.3 Å². The number of epoxide rings is 2. The van der Waals surface area contributed by atoms with Gasteiger partial charge in [0.1, 0.15) is 36.9 Å². The summed E-state index contributed by atoms with van der Waals surface area (Å²) in [5.41, 5.74) is 4.35. The van der Waals surface area contributed by atoms with Crippen LogP contribution in [0.3, 0.4) is 0 Å². The van der Waals surface area contributed by atoms with Gasteiger partial charge in [0.25, 0.3) is 0 Å². The minimum absolute atomic E-state index is 0.198. The summed E-state index contributed by atoms with van der Waals surface area (Å²) in [6.07, 6.45) is 2.55. The number of rotatable bonds is 10. The highest BCUT2D eigenvalue weighted by atomic mass is 16.6. The molecule has 2 heterocycles. The molecule has 2 saturated heterocycles. The highest BCUT2D eigenvalue weighted by Crippen LogP contribution is 2.30. The summed E-state index contributed by atoms with van der Waals surface area (Å²) in [5.74, 6) is 1.79. The van der Waals surface area contributed by atoms with Crippen LogP contribution in [0, 0.1) is 6.92 Å². The van der Waals surface area contributed by atoms with Crippen molar-refractivity contribution >= 4 is 0 Å². The Morgan fingerprint density at radius 3 is 2.50 bits per heavy atom. The van der Waals surface area contributed by atoms with E-state index in [1.807, 2.05) is 19.1 Å². The predicted molar refractivity (Wildman–Crippen MR) is 103 cm³/mol. The summed E-state index contributed by atoms with van der Waals surface area (Å²) in [6.45, 7) is 17.2. The maximum atomic E-state index is 5.81. The van der Waals surface area contributed by atoms with E-state index < -0.39 is 0 Å². The topological polar surface area (TPSA) is 43.5 Å². The SMILES string of the molecule is C=C(OCC1CO1)/C(C)=C\C(=C)C(C)c1ccc(OCC2CO2)c(C)c1. The van der Waals surface area contributed by atoms with E-state index in [2.05, 4.69) is 39.1 Å². The average molecular weight is 356 g/mol. The average Bonchev–Trinajstić information content (AvgIpc) is 3.52. The lowest BCUT2D eigenvalue weighted by molar-refractivity contribution is 0.190. The van der Waals surface area contributed by atoms with E-state index >= 15 is 0 Å². The van der Waals surface area contributed by atoms with Gasteiger partial charge in [-0.3, -0.25) is 0 Å². The van der Waals surface area contributed by atoms with Gasteiger partial charge in [-0.25, -0.2) is 0 Å². The van der Waals surface area contributed by atoms with Crippen LogP contribution in [-0.4, -0.2) is 38.6 Å². The Hall–Kier alpha value is -2.04. The zero-order valence-corrected chi connectivity index (χ0v) is 15.9. The number of hydrogen-bond donors (Lipinski definition) is 0. The third kappa shape index (κ3) is 5.23. The van der Waals surface area contributed by atoms with Crippen molar-refractivity contribution in [2.75, 3.05) is 26.4 Å². The first-order valence-corrected chi connectivity index (χ1v) is 9.09. The van der Waals surface area contributed by atoms with Crippen molar-refractivity contribution < 1.29 is 18.9 Å². The molecule has 0 aliphatic carbocycles. The van der Waals surface area contributed by atoms with Crippen LogP contribution in [-0.2, 0) is 14.2 Å². The number of allylic oxidation sites excluding steroid dienone is 3. The molecule has 0 radical (unpaired) electrons. The molecule has 4 nitrogen and oxygen atoms in total. The van der Waals surface area contributed by atoms with Crippen molar-refractivity contribution in [3.8, 4) is 5.75 Å². The molecule has 3 atom stereocenters. The van der Waals surface area contributed by atoms with Gasteiger partial charge in [-0.15, -0.1) is 0 Å². The van der Waals surface area contributed by atoms with Gasteiger partial charge in [0.15, 0.2) is 0 Å². The molecular formula is C22H28O4. The minimum Gasteiger partial charge on any atom is -0.491 e. The molecule has 1 aromatic carbocycles. The summed E-state index contributed by atoms with van der Waals surface area (Å²) >= 11 is 0. The highest BCUT2D eigenvalue weighted by Gasteiger charge is 2.24. The second-order valence-electron chi connectivity index (χ2n) is 7.10. The normalized spacial score (nSPS) is 22.5. The molecule has 2 fully saturated rings. The van der Waals surface area contributed by atoms with Crippen molar-refractivity contribution in [2.24, 2.45) is 0 Å². The predicted octanol–water partition coefficient (Wildman–Crippen LogP) is 4.31. The minimum atomic E-state index is 0.198. The van der Waals surface area contributed by atoms with E-state index in [4.69, 9.17) is 18.9 Å². The smallest absolute Gasteiger partial charge is 0.122 e. The maximum Gasteiger partial charge on any atom is 0.122 e. The summed E-state index contributed by atoms with van der Waals surface area (Å²) in [7, 11) is 0. The van der Waals surface area contributed by atoms with E-state index in [0.29, 0.717) is 19.0 Å². The molecule has 0 saturated carbocycles.